The summed E-state index contributed by atoms with van der Waals surface area (Å²) in [6, 6.07) is 10.2. The third-order valence-electron chi connectivity index (χ3n) is 5.87. The van der Waals surface area contributed by atoms with E-state index < -0.39 is 29.0 Å². The second-order valence-electron chi connectivity index (χ2n) is 8.91. The summed E-state index contributed by atoms with van der Waals surface area (Å²) in [4.78, 5) is 15.8. The lowest BCUT2D eigenvalue weighted by atomic mass is 10.1. The second kappa shape index (κ2) is 12.0. The zero-order valence-corrected chi connectivity index (χ0v) is 23.4. The Hall–Kier alpha value is -2.42. The predicted octanol–water partition coefficient (Wildman–Crippen LogP) is 4.14. The Morgan fingerprint density at radius 3 is 2.38 bits per heavy atom. The zero-order valence-electron chi connectivity index (χ0n) is 20.2. The van der Waals surface area contributed by atoms with E-state index in [2.05, 4.69) is 10.3 Å². The predicted molar refractivity (Wildman–Crippen MR) is 146 cm³/mol. The highest BCUT2D eigenvalue weighted by atomic mass is 35.5. The van der Waals surface area contributed by atoms with Gasteiger partial charge in [0.2, 0.25) is 0 Å². The summed E-state index contributed by atoms with van der Waals surface area (Å²) in [5, 5.41) is 23.5. The number of phenolic OH excluding ortho intramolecular Hbond substituents is 1. The van der Waals surface area contributed by atoms with Crippen LogP contribution in [0.25, 0.3) is 0 Å². The molecule has 3 rings (SSSR count). The number of carbonyl (C=O) groups is 1. The van der Waals surface area contributed by atoms with Gasteiger partial charge in [-0.05, 0) is 54.5 Å². The Morgan fingerprint density at radius 1 is 1.11 bits per heavy atom. The normalized spacial score (nSPS) is 14.2. The summed E-state index contributed by atoms with van der Waals surface area (Å²) < 4.78 is 36.7. The number of nitrogens with zero attached hydrogens (tertiary/aromatic N) is 1. The van der Waals surface area contributed by atoms with E-state index >= 15 is 0 Å². The summed E-state index contributed by atoms with van der Waals surface area (Å²) in [5.74, 6) is -1.07. The topological polar surface area (TPSA) is 134 Å². The van der Waals surface area contributed by atoms with E-state index in [9.17, 15) is 28.0 Å². The van der Waals surface area contributed by atoms with E-state index in [4.69, 9.17) is 23.2 Å². The van der Waals surface area contributed by atoms with Crippen molar-refractivity contribution in [1.29, 1.82) is 0 Å². The number of aliphatic carboxylic acids is 1. The van der Waals surface area contributed by atoms with Crippen LogP contribution in [0.3, 0.4) is 0 Å². The Labute approximate surface area is 226 Å². The lowest BCUT2D eigenvalue weighted by Crippen LogP contribution is -2.38. The molecule has 0 aliphatic carbocycles. The van der Waals surface area contributed by atoms with Crippen LogP contribution in [-0.2, 0) is 38.6 Å². The molecule has 1 heterocycles. The number of hydrogen-bond acceptors (Lipinski definition) is 7. The Morgan fingerprint density at radius 2 is 1.78 bits per heavy atom. The van der Waals surface area contributed by atoms with E-state index in [1.54, 1.807) is 30.9 Å². The van der Waals surface area contributed by atoms with Crippen LogP contribution in [0.15, 0.2) is 59.8 Å². The van der Waals surface area contributed by atoms with Crippen LogP contribution in [0, 0.1) is 0 Å². The van der Waals surface area contributed by atoms with Crippen molar-refractivity contribution in [2.75, 3.05) is 19.1 Å². The molecule has 2 unspecified atom stereocenters. The minimum Gasteiger partial charge on any atom is -0.508 e. The van der Waals surface area contributed by atoms with Gasteiger partial charge in [0.25, 0.3) is 0 Å². The number of aryl methyl sites for hydroxylation is 1. The van der Waals surface area contributed by atoms with E-state index in [1.807, 2.05) is 0 Å². The van der Waals surface area contributed by atoms with Gasteiger partial charge >= 0.3 is 5.97 Å². The Kier molecular flexibility index (Phi) is 9.42. The van der Waals surface area contributed by atoms with Gasteiger partial charge in [0.15, 0.2) is 9.84 Å². The fraction of sp³-hybridized carbons (Fsp3) is 0.280. The highest BCUT2D eigenvalue weighted by Crippen LogP contribution is 2.41. The average Bonchev–Trinajstić information content (AvgIpc) is 2.81. The van der Waals surface area contributed by atoms with Gasteiger partial charge in [-0.2, -0.15) is 0 Å². The van der Waals surface area contributed by atoms with Crippen molar-refractivity contribution in [2.45, 2.75) is 30.3 Å². The van der Waals surface area contributed by atoms with Crippen LogP contribution in [-0.4, -0.2) is 54.7 Å². The molecule has 1 aromatic heterocycles. The van der Waals surface area contributed by atoms with E-state index in [-0.39, 0.29) is 23.6 Å². The maximum absolute atomic E-state index is 13.2. The van der Waals surface area contributed by atoms with Crippen molar-refractivity contribution in [3.8, 4) is 5.75 Å². The van der Waals surface area contributed by atoms with Crippen LogP contribution < -0.4 is 10.6 Å². The van der Waals surface area contributed by atoms with Gasteiger partial charge in [-0.3, -0.25) is 15.1 Å². The molecule has 0 saturated heterocycles. The number of hydrogen-bond donors (Lipinski definition) is 3. The Balaban J connectivity index is 1.69. The summed E-state index contributed by atoms with van der Waals surface area (Å²) >= 11 is 12.9. The molecule has 0 aliphatic heterocycles. The summed E-state index contributed by atoms with van der Waals surface area (Å²) in [5.41, 5.74) is 1.74. The highest BCUT2D eigenvalue weighted by molar-refractivity contribution is 7.90. The molecular formula is C25H27Cl2N2O6PS. The second-order valence-corrected chi connectivity index (χ2v) is 14.9. The number of pyridine rings is 1. The molecule has 37 heavy (non-hydrogen) atoms. The molecule has 12 heteroatoms. The minimum absolute atomic E-state index is 0.000158. The maximum Gasteiger partial charge on any atom is 0.321 e. The molecule has 0 amide bonds. The van der Waals surface area contributed by atoms with Crippen molar-refractivity contribution in [3.63, 3.8) is 0 Å². The van der Waals surface area contributed by atoms with Crippen molar-refractivity contribution in [2.24, 2.45) is 0 Å². The number of sulfone groups is 1. The van der Waals surface area contributed by atoms with Gasteiger partial charge in [-0.1, -0.05) is 35.3 Å². The van der Waals surface area contributed by atoms with Crippen LogP contribution in [0.5, 0.6) is 5.75 Å². The third kappa shape index (κ3) is 8.03. The Bertz CT molecular complexity index is 1440. The highest BCUT2D eigenvalue weighted by Gasteiger charge is 2.22. The molecule has 3 N–H and O–H groups in total. The summed E-state index contributed by atoms with van der Waals surface area (Å²) in [6.45, 7) is 1.72. The average molecular weight is 585 g/mol. The van der Waals surface area contributed by atoms with Gasteiger partial charge in [-0.15, -0.1) is 0 Å². The first-order valence-corrected chi connectivity index (χ1v) is 16.2. The van der Waals surface area contributed by atoms with E-state index in [0.717, 1.165) is 11.8 Å². The summed E-state index contributed by atoms with van der Waals surface area (Å²) in [7, 11) is -6.21. The van der Waals surface area contributed by atoms with Crippen molar-refractivity contribution < 1.29 is 28.0 Å². The van der Waals surface area contributed by atoms with E-state index in [1.165, 1.54) is 30.6 Å². The number of rotatable bonds is 11. The molecule has 0 radical (unpaired) electrons. The number of aromatic hydroxyl groups is 1. The summed E-state index contributed by atoms with van der Waals surface area (Å²) in [6.07, 6.45) is 4.48. The molecule has 0 bridgehead atoms. The van der Waals surface area contributed by atoms with Crippen LogP contribution >= 0.6 is 30.3 Å². The fourth-order valence-corrected chi connectivity index (χ4v) is 6.75. The van der Waals surface area contributed by atoms with Crippen LogP contribution in [0.4, 0.5) is 0 Å². The number of carboxylic acids is 1. The molecule has 2 atom stereocenters. The first-order valence-electron chi connectivity index (χ1n) is 11.2. The molecule has 0 spiro atoms. The van der Waals surface area contributed by atoms with Gasteiger partial charge in [0.05, 0.1) is 4.90 Å². The van der Waals surface area contributed by atoms with Gasteiger partial charge in [0, 0.05) is 58.7 Å². The van der Waals surface area contributed by atoms with Crippen LogP contribution in [0.2, 0.25) is 10.0 Å². The zero-order chi connectivity index (χ0) is 27.4. The molecule has 0 fully saturated rings. The lowest BCUT2D eigenvalue weighted by Gasteiger charge is -2.17. The van der Waals surface area contributed by atoms with Crippen molar-refractivity contribution >= 4 is 51.5 Å². The largest absolute Gasteiger partial charge is 0.508 e. The number of carboxylic acid groups (broad SMARTS) is 1. The molecule has 3 aromatic rings. The number of halogens is 2. The van der Waals surface area contributed by atoms with Crippen LogP contribution in [0.1, 0.15) is 16.7 Å². The number of nitrogens with one attached hydrogen (secondary N) is 1. The quantitative estimate of drug-likeness (QED) is 0.286. The van der Waals surface area contributed by atoms with E-state index in [0.29, 0.717) is 39.1 Å². The van der Waals surface area contributed by atoms with Gasteiger partial charge in [-0.25, -0.2) is 8.42 Å². The fourth-order valence-electron chi connectivity index (χ4n) is 3.71. The van der Waals surface area contributed by atoms with Gasteiger partial charge < -0.3 is 14.8 Å². The number of aromatic nitrogens is 1. The lowest BCUT2D eigenvalue weighted by molar-refractivity contribution is -0.139. The smallest absolute Gasteiger partial charge is 0.321 e. The molecule has 0 saturated carbocycles. The molecule has 8 nitrogen and oxygen atoms in total. The molecular weight excluding hydrogens is 558 g/mol. The standard InChI is InChI=1S/C25H27Cl2N2O6PS/c1-36(33,19-5-3-4-18(30)12-19)7-6-16-9-22(26)21(23(27)10-16)15-29-24(25(31)32)11-17-8-20(14-28-13-17)37(2,34)35/h3-5,8-10,12-14,24,29-30H,6-7,11,15H2,1-2H3,(H,31,32). The number of phenols is 1. The molecule has 2 aromatic carbocycles. The van der Waals surface area contributed by atoms with Crippen molar-refractivity contribution in [3.05, 3.63) is 81.6 Å². The first kappa shape index (κ1) is 29.1. The SMILES string of the molecule is CP(=O)(CCc1cc(Cl)c(CNC(Cc2cncc(S(C)(=O)=O)c2)C(=O)O)c(Cl)c1)c1cccc(O)c1. The minimum atomic E-state index is -3.48. The first-order chi connectivity index (χ1) is 17.3. The number of benzene rings is 2. The molecule has 198 valence electrons. The van der Waals surface area contributed by atoms with Gasteiger partial charge in [0.1, 0.15) is 18.9 Å². The monoisotopic (exact) mass is 584 g/mol. The maximum atomic E-state index is 13.2. The molecule has 0 aliphatic rings. The van der Waals surface area contributed by atoms with Crippen molar-refractivity contribution in [1.82, 2.24) is 10.3 Å². The third-order valence-corrected chi connectivity index (χ3v) is 10.1.